The molecule has 0 saturated carbocycles. The Bertz CT molecular complexity index is 866. The second-order valence-electron chi connectivity index (χ2n) is 6.97. The van der Waals surface area contributed by atoms with Crippen LogP contribution in [0.1, 0.15) is 25.8 Å². The molecule has 1 aliphatic heterocycles. The highest BCUT2D eigenvalue weighted by atomic mass is 16.5. The van der Waals surface area contributed by atoms with Gasteiger partial charge in [-0.3, -0.25) is 10.1 Å². The maximum absolute atomic E-state index is 12.2. The Morgan fingerprint density at radius 2 is 2.19 bits per heavy atom. The van der Waals surface area contributed by atoms with Crippen molar-refractivity contribution in [2.75, 3.05) is 13.7 Å². The highest BCUT2D eigenvalue weighted by Crippen LogP contribution is 2.18. The monoisotopic (exact) mass is 355 g/mol. The van der Waals surface area contributed by atoms with E-state index in [2.05, 4.69) is 34.5 Å². The fourth-order valence-electron chi connectivity index (χ4n) is 3.06. The molecule has 7 heteroatoms. The number of rotatable bonds is 6. The molecule has 138 valence electrons. The highest BCUT2D eigenvalue weighted by Gasteiger charge is 2.22. The van der Waals surface area contributed by atoms with Gasteiger partial charge < -0.3 is 14.6 Å². The molecule has 0 bridgehead atoms. The number of fused-ring (bicyclic) bond motifs is 1. The quantitative estimate of drug-likeness (QED) is 0.777. The molecular formula is C19H25N5O2. The number of carbonyl (C=O) groups excluding carboxylic acids is 1. The zero-order chi connectivity index (χ0) is 18.7. The summed E-state index contributed by atoms with van der Waals surface area (Å²) in [6.45, 7) is 4.86. The minimum absolute atomic E-state index is 0.101. The zero-order valence-corrected chi connectivity index (χ0v) is 15.6. The van der Waals surface area contributed by atoms with E-state index in [1.54, 1.807) is 19.5 Å². The summed E-state index contributed by atoms with van der Waals surface area (Å²) < 4.78 is 7.20. The third-order valence-corrected chi connectivity index (χ3v) is 4.21. The number of hydrogen-bond acceptors (Lipinski definition) is 5. The second kappa shape index (κ2) is 7.70. The van der Waals surface area contributed by atoms with Crippen LogP contribution >= 0.6 is 0 Å². The van der Waals surface area contributed by atoms with Gasteiger partial charge in [0.1, 0.15) is 5.70 Å². The first-order valence-electron chi connectivity index (χ1n) is 8.74. The largest absolute Gasteiger partial charge is 0.383 e. The molecule has 1 aliphatic rings. The van der Waals surface area contributed by atoms with Crippen LogP contribution in [0.3, 0.4) is 0 Å². The lowest BCUT2D eigenvalue weighted by atomic mass is 10.0. The number of imidazole rings is 1. The molecule has 2 aromatic rings. The smallest absolute Gasteiger partial charge is 0.276 e. The maximum atomic E-state index is 12.2. The average Bonchev–Trinajstić information content (AvgIpc) is 3.10. The van der Waals surface area contributed by atoms with Gasteiger partial charge in [-0.15, -0.1) is 0 Å². The molecule has 0 fully saturated rings. The molecular weight excluding hydrogens is 330 g/mol. The van der Waals surface area contributed by atoms with Gasteiger partial charge in [0.25, 0.3) is 5.91 Å². The van der Waals surface area contributed by atoms with E-state index in [0.29, 0.717) is 24.2 Å². The molecule has 0 saturated heterocycles. The van der Waals surface area contributed by atoms with Gasteiger partial charge in [0.2, 0.25) is 5.96 Å². The van der Waals surface area contributed by atoms with Crippen LogP contribution in [0.15, 0.2) is 35.2 Å². The summed E-state index contributed by atoms with van der Waals surface area (Å²) in [6, 6.07) is 5.97. The van der Waals surface area contributed by atoms with E-state index in [9.17, 15) is 4.79 Å². The number of aromatic nitrogens is 2. The minimum atomic E-state index is -0.210. The zero-order valence-electron chi connectivity index (χ0n) is 15.6. The van der Waals surface area contributed by atoms with E-state index in [0.717, 1.165) is 23.0 Å². The number of carbonyl (C=O) groups is 1. The van der Waals surface area contributed by atoms with Gasteiger partial charge in [-0.1, -0.05) is 19.9 Å². The number of aryl methyl sites for hydroxylation is 1. The lowest BCUT2D eigenvalue weighted by molar-refractivity contribution is -0.115. The number of ether oxygens (including phenoxy) is 1. The highest BCUT2D eigenvalue weighted by molar-refractivity contribution is 6.13. The molecule has 0 spiro atoms. The van der Waals surface area contributed by atoms with E-state index in [1.165, 1.54) is 0 Å². The number of benzene rings is 1. The number of nitrogens with zero attached hydrogens (tertiary/aromatic N) is 3. The SMILES string of the molecule is COC[C@@H](CC(C)C)NC1=N/C(=C\c2ccc3ncn(C)c3c2)C(=O)N1. The van der Waals surface area contributed by atoms with Gasteiger partial charge in [0, 0.05) is 14.2 Å². The third kappa shape index (κ3) is 4.11. The van der Waals surface area contributed by atoms with Crippen LogP contribution in [0, 0.1) is 5.92 Å². The summed E-state index contributed by atoms with van der Waals surface area (Å²) in [5, 5.41) is 6.06. The minimum Gasteiger partial charge on any atom is -0.383 e. The van der Waals surface area contributed by atoms with E-state index in [-0.39, 0.29) is 11.9 Å². The molecule has 3 rings (SSSR count). The summed E-state index contributed by atoms with van der Waals surface area (Å²) in [5.41, 5.74) is 3.23. The van der Waals surface area contributed by atoms with Gasteiger partial charge in [-0.05, 0) is 36.1 Å². The van der Waals surface area contributed by atoms with Crippen LogP contribution in [0.25, 0.3) is 17.1 Å². The van der Waals surface area contributed by atoms with Crippen molar-refractivity contribution in [2.24, 2.45) is 18.0 Å². The Morgan fingerprint density at radius 1 is 1.38 bits per heavy atom. The molecule has 0 radical (unpaired) electrons. The Hall–Kier alpha value is -2.67. The molecule has 2 N–H and O–H groups in total. The number of nitrogens with one attached hydrogen (secondary N) is 2. The summed E-state index contributed by atoms with van der Waals surface area (Å²) >= 11 is 0. The van der Waals surface area contributed by atoms with Crippen molar-refractivity contribution in [3.05, 3.63) is 35.8 Å². The fraction of sp³-hybridized carbons (Fsp3) is 0.421. The van der Waals surface area contributed by atoms with Gasteiger partial charge in [-0.25, -0.2) is 9.98 Å². The summed E-state index contributed by atoms with van der Waals surface area (Å²) in [6.07, 6.45) is 4.48. The van der Waals surface area contributed by atoms with Crippen molar-refractivity contribution in [3.8, 4) is 0 Å². The van der Waals surface area contributed by atoms with Crippen molar-refractivity contribution in [1.29, 1.82) is 0 Å². The number of amides is 1. The van der Waals surface area contributed by atoms with Crippen LogP contribution in [0.2, 0.25) is 0 Å². The Morgan fingerprint density at radius 3 is 2.92 bits per heavy atom. The van der Waals surface area contributed by atoms with Crippen LogP contribution in [-0.2, 0) is 16.6 Å². The molecule has 26 heavy (non-hydrogen) atoms. The fourth-order valence-corrected chi connectivity index (χ4v) is 3.06. The predicted molar refractivity (Wildman–Crippen MR) is 103 cm³/mol. The van der Waals surface area contributed by atoms with Gasteiger partial charge in [-0.2, -0.15) is 0 Å². The lowest BCUT2D eigenvalue weighted by Gasteiger charge is -2.20. The van der Waals surface area contributed by atoms with E-state index in [1.807, 2.05) is 29.8 Å². The van der Waals surface area contributed by atoms with Crippen molar-refractivity contribution < 1.29 is 9.53 Å². The van der Waals surface area contributed by atoms with Crippen LogP contribution in [0.5, 0.6) is 0 Å². The summed E-state index contributed by atoms with van der Waals surface area (Å²) in [4.78, 5) is 21.0. The normalized spacial score (nSPS) is 17.0. The Kier molecular flexibility index (Phi) is 5.37. The molecule has 2 heterocycles. The van der Waals surface area contributed by atoms with Crippen LogP contribution in [-0.4, -0.2) is 41.2 Å². The first-order valence-corrected chi connectivity index (χ1v) is 8.74. The third-order valence-electron chi connectivity index (χ3n) is 4.21. The Balaban J connectivity index is 1.79. The van der Waals surface area contributed by atoms with Crippen molar-refractivity contribution in [1.82, 2.24) is 20.2 Å². The van der Waals surface area contributed by atoms with Crippen molar-refractivity contribution in [2.45, 2.75) is 26.3 Å². The van der Waals surface area contributed by atoms with Crippen LogP contribution < -0.4 is 10.6 Å². The molecule has 0 aliphatic carbocycles. The summed E-state index contributed by atoms with van der Waals surface area (Å²) in [5.74, 6) is 0.782. The number of guanidine groups is 1. The van der Waals surface area contributed by atoms with Gasteiger partial charge >= 0.3 is 0 Å². The Labute approximate surface area is 153 Å². The average molecular weight is 355 g/mol. The molecule has 0 unspecified atom stereocenters. The molecule has 1 amide bonds. The van der Waals surface area contributed by atoms with Crippen LogP contribution in [0.4, 0.5) is 0 Å². The number of aliphatic imine (C=N–C) groups is 1. The van der Waals surface area contributed by atoms with Gasteiger partial charge in [0.05, 0.1) is 30.0 Å². The first-order chi connectivity index (χ1) is 12.5. The number of hydrogen-bond donors (Lipinski definition) is 2. The predicted octanol–water partition coefficient (Wildman–Crippen LogP) is 2.05. The standard InChI is InChI=1S/C19H25N5O2/c1-12(2)7-14(10-26-4)21-19-22-16(18(25)23-19)8-13-5-6-15-17(9-13)24(3)11-20-15/h5-6,8-9,11-12,14H,7,10H2,1-4H3,(H2,21,22,23,25)/b16-8-/t14-/m1/s1. The van der Waals surface area contributed by atoms with Crippen molar-refractivity contribution >= 4 is 29.0 Å². The lowest BCUT2D eigenvalue weighted by Crippen LogP contribution is -2.45. The topological polar surface area (TPSA) is 80.5 Å². The van der Waals surface area contributed by atoms with E-state index >= 15 is 0 Å². The first kappa shape index (κ1) is 18.1. The maximum Gasteiger partial charge on any atom is 0.276 e. The van der Waals surface area contributed by atoms with Crippen molar-refractivity contribution in [3.63, 3.8) is 0 Å². The summed E-state index contributed by atoms with van der Waals surface area (Å²) in [7, 11) is 3.61. The van der Waals surface area contributed by atoms with E-state index in [4.69, 9.17) is 4.74 Å². The number of methoxy groups -OCH3 is 1. The molecule has 1 atom stereocenters. The molecule has 1 aromatic carbocycles. The second-order valence-corrected chi connectivity index (χ2v) is 6.97. The molecule has 1 aromatic heterocycles. The van der Waals surface area contributed by atoms with E-state index < -0.39 is 0 Å². The van der Waals surface area contributed by atoms with Gasteiger partial charge in [0.15, 0.2) is 0 Å². The molecule has 7 nitrogen and oxygen atoms in total.